The first-order chi connectivity index (χ1) is 19.1. The van der Waals surface area contributed by atoms with Gasteiger partial charge in [0.25, 0.3) is 10.0 Å². The summed E-state index contributed by atoms with van der Waals surface area (Å²) in [6, 6.07) is 21.5. The van der Waals surface area contributed by atoms with Crippen molar-refractivity contribution in [3.8, 4) is 0 Å². The number of furan rings is 1. The van der Waals surface area contributed by atoms with E-state index in [0.717, 1.165) is 11.3 Å². The van der Waals surface area contributed by atoms with Crippen molar-refractivity contribution < 1.29 is 27.5 Å². The van der Waals surface area contributed by atoms with Crippen LogP contribution in [0.25, 0.3) is 11.0 Å². The third-order valence-corrected chi connectivity index (χ3v) is 9.19. The molecule has 1 aliphatic heterocycles. The molecule has 0 aliphatic carbocycles. The maximum atomic E-state index is 14.1. The number of sulfonamides is 1. The topological polar surface area (TPSA) is 111 Å². The van der Waals surface area contributed by atoms with E-state index >= 15 is 0 Å². The summed E-state index contributed by atoms with van der Waals surface area (Å²) in [5.74, 6) is -1.34. The number of carboxylic acids is 1. The molecular formula is C30H31N3O6S. The van der Waals surface area contributed by atoms with Crippen LogP contribution < -0.4 is 9.21 Å². The van der Waals surface area contributed by atoms with Crippen molar-refractivity contribution >= 4 is 44.2 Å². The van der Waals surface area contributed by atoms with Gasteiger partial charge in [-0.2, -0.15) is 0 Å². The third-order valence-electron chi connectivity index (χ3n) is 7.36. The van der Waals surface area contributed by atoms with E-state index in [2.05, 4.69) is 4.90 Å². The van der Waals surface area contributed by atoms with Gasteiger partial charge in [0.2, 0.25) is 11.7 Å². The first-order valence-corrected chi connectivity index (χ1v) is 14.5. The molecule has 208 valence electrons. The highest BCUT2D eigenvalue weighted by Crippen LogP contribution is 2.32. The Balaban J connectivity index is 1.47. The van der Waals surface area contributed by atoms with E-state index in [1.165, 1.54) is 22.5 Å². The molecular weight excluding hydrogens is 530 g/mol. The highest BCUT2D eigenvalue weighted by atomic mass is 32.2. The molecule has 3 aromatic carbocycles. The molecule has 5 rings (SSSR count). The smallest absolute Gasteiger partial charge is 0.372 e. The van der Waals surface area contributed by atoms with Gasteiger partial charge in [0.05, 0.1) is 10.6 Å². The lowest BCUT2D eigenvalue weighted by atomic mass is 10.1. The number of aromatic carboxylic acids is 1. The monoisotopic (exact) mass is 561 g/mol. The van der Waals surface area contributed by atoms with Gasteiger partial charge >= 0.3 is 5.97 Å². The maximum Gasteiger partial charge on any atom is 0.372 e. The van der Waals surface area contributed by atoms with Crippen molar-refractivity contribution in [2.24, 2.45) is 0 Å². The largest absolute Gasteiger partial charge is 0.475 e. The van der Waals surface area contributed by atoms with Crippen LogP contribution in [-0.2, 0) is 21.2 Å². The SMILES string of the molecule is CC(=O)N1CCN(c2ccc(N(CCc3ccccc3)S(=O)(=O)c3ccc4oc(C(=O)O)c(C)c4c3)cc2)CC1. The second-order valence-corrected chi connectivity index (χ2v) is 11.7. The molecule has 0 atom stereocenters. The molecule has 0 spiro atoms. The van der Waals surface area contributed by atoms with Crippen LogP contribution in [0.3, 0.4) is 0 Å². The van der Waals surface area contributed by atoms with Crippen LogP contribution in [0.15, 0.2) is 82.1 Å². The van der Waals surface area contributed by atoms with Gasteiger partial charge in [0, 0.05) is 56.3 Å². The predicted molar refractivity (Wildman–Crippen MR) is 153 cm³/mol. The summed E-state index contributed by atoms with van der Waals surface area (Å²) in [7, 11) is -4.01. The lowest BCUT2D eigenvalue weighted by molar-refractivity contribution is -0.129. The fourth-order valence-electron chi connectivity index (χ4n) is 5.06. The molecule has 0 radical (unpaired) electrons. The average molecular weight is 562 g/mol. The molecule has 0 saturated carbocycles. The summed E-state index contributed by atoms with van der Waals surface area (Å²) in [4.78, 5) is 27.3. The molecule has 4 aromatic rings. The number of piperazine rings is 1. The number of rotatable bonds is 8. The van der Waals surface area contributed by atoms with Crippen LogP contribution >= 0.6 is 0 Å². The zero-order chi connectivity index (χ0) is 28.4. The molecule has 1 amide bonds. The Morgan fingerprint density at radius 2 is 1.62 bits per heavy atom. The Morgan fingerprint density at radius 3 is 2.25 bits per heavy atom. The minimum absolute atomic E-state index is 0.0540. The fourth-order valence-corrected chi connectivity index (χ4v) is 6.56. The van der Waals surface area contributed by atoms with Crippen LogP contribution in [0.4, 0.5) is 11.4 Å². The van der Waals surface area contributed by atoms with E-state index in [4.69, 9.17) is 4.42 Å². The van der Waals surface area contributed by atoms with E-state index in [1.54, 1.807) is 26.0 Å². The predicted octanol–water partition coefficient (Wildman–Crippen LogP) is 4.55. The highest BCUT2D eigenvalue weighted by Gasteiger charge is 2.27. The molecule has 1 aromatic heterocycles. The Morgan fingerprint density at radius 1 is 0.950 bits per heavy atom. The average Bonchev–Trinajstić information content (AvgIpc) is 3.30. The van der Waals surface area contributed by atoms with Crippen molar-refractivity contribution in [1.29, 1.82) is 0 Å². The number of fused-ring (bicyclic) bond motifs is 1. The Hall–Kier alpha value is -4.31. The van der Waals surface area contributed by atoms with E-state index < -0.39 is 16.0 Å². The molecule has 9 nitrogen and oxygen atoms in total. The molecule has 1 fully saturated rings. The molecule has 0 bridgehead atoms. The standard InChI is InChI=1S/C30H31N3O6S/c1-21-27-20-26(12-13-28(27)39-29(21)30(35)36)40(37,38)33(15-14-23-6-4-3-5-7-23)25-10-8-24(9-11-25)32-18-16-31(17-19-32)22(2)34/h3-13,20H,14-19H2,1-2H3,(H,35,36). The lowest BCUT2D eigenvalue weighted by Crippen LogP contribution is -2.48. The van der Waals surface area contributed by atoms with Gasteiger partial charge in [-0.1, -0.05) is 30.3 Å². The van der Waals surface area contributed by atoms with Crippen molar-refractivity contribution in [2.45, 2.75) is 25.2 Å². The highest BCUT2D eigenvalue weighted by molar-refractivity contribution is 7.92. The third kappa shape index (κ3) is 5.40. The number of benzene rings is 3. The van der Waals surface area contributed by atoms with E-state index in [0.29, 0.717) is 54.8 Å². The van der Waals surface area contributed by atoms with Crippen LogP contribution in [0.5, 0.6) is 0 Å². The molecule has 0 unspecified atom stereocenters. The number of anilines is 2. The minimum Gasteiger partial charge on any atom is -0.475 e. The number of hydrogen-bond donors (Lipinski definition) is 1. The van der Waals surface area contributed by atoms with Crippen molar-refractivity contribution in [1.82, 2.24) is 4.90 Å². The maximum absolute atomic E-state index is 14.1. The van der Waals surface area contributed by atoms with Gasteiger partial charge in [-0.25, -0.2) is 13.2 Å². The van der Waals surface area contributed by atoms with Gasteiger partial charge < -0.3 is 19.3 Å². The zero-order valence-electron chi connectivity index (χ0n) is 22.4. The Bertz CT molecular complexity index is 1640. The summed E-state index contributed by atoms with van der Waals surface area (Å²) in [6.07, 6.45) is 0.505. The van der Waals surface area contributed by atoms with Crippen molar-refractivity contribution in [2.75, 3.05) is 41.9 Å². The first-order valence-electron chi connectivity index (χ1n) is 13.1. The Labute approximate surface area is 233 Å². The number of carbonyl (C=O) groups excluding carboxylic acids is 1. The molecule has 1 N–H and O–H groups in total. The summed E-state index contributed by atoms with van der Waals surface area (Å²) >= 11 is 0. The molecule has 1 aliphatic rings. The van der Waals surface area contributed by atoms with Gasteiger partial charge in [-0.15, -0.1) is 0 Å². The molecule has 40 heavy (non-hydrogen) atoms. The summed E-state index contributed by atoms with van der Waals surface area (Å²) in [5.41, 5.74) is 3.19. The first kappa shape index (κ1) is 27.3. The number of carbonyl (C=O) groups is 2. The van der Waals surface area contributed by atoms with Gasteiger partial charge in [0.1, 0.15) is 5.58 Å². The van der Waals surface area contributed by atoms with Crippen molar-refractivity contribution in [3.63, 3.8) is 0 Å². The normalized spacial score (nSPS) is 13.9. The van der Waals surface area contributed by atoms with Crippen molar-refractivity contribution in [3.05, 3.63) is 89.7 Å². The second kappa shape index (κ2) is 11.1. The van der Waals surface area contributed by atoms with Gasteiger partial charge in [-0.05, 0) is 61.4 Å². The zero-order valence-corrected chi connectivity index (χ0v) is 23.2. The minimum atomic E-state index is -4.01. The van der Waals surface area contributed by atoms with Crippen LogP contribution in [0.2, 0.25) is 0 Å². The summed E-state index contributed by atoms with van der Waals surface area (Å²) in [5, 5.41) is 9.87. The number of aryl methyl sites for hydroxylation is 1. The molecule has 2 heterocycles. The number of amides is 1. The van der Waals surface area contributed by atoms with Gasteiger partial charge in [-0.3, -0.25) is 9.10 Å². The summed E-state index contributed by atoms with van der Waals surface area (Å²) < 4.78 is 35.0. The van der Waals surface area contributed by atoms with Crippen LogP contribution in [0, 0.1) is 6.92 Å². The van der Waals surface area contributed by atoms with E-state index in [-0.39, 0.29) is 23.1 Å². The van der Waals surface area contributed by atoms with Gasteiger partial charge in [0.15, 0.2) is 0 Å². The van der Waals surface area contributed by atoms with E-state index in [1.807, 2.05) is 47.4 Å². The van der Waals surface area contributed by atoms with Crippen LogP contribution in [0.1, 0.15) is 28.6 Å². The second-order valence-electron chi connectivity index (χ2n) is 9.84. The molecule has 1 saturated heterocycles. The number of nitrogens with zero attached hydrogens (tertiary/aromatic N) is 3. The van der Waals surface area contributed by atoms with E-state index in [9.17, 15) is 23.1 Å². The molecule has 10 heteroatoms. The van der Waals surface area contributed by atoms with Crippen LogP contribution in [-0.4, -0.2) is 63.0 Å². The fraction of sp³-hybridized carbons (Fsp3) is 0.267. The lowest BCUT2D eigenvalue weighted by Gasteiger charge is -2.36. The number of carboxylic acid groups (broad SMARTS) is 1. The quantitative estimate of drug-likeness (QED) is 0.336. The summed E-state index contributed by atoms with van der Waals surface area (Å²) in [6.45, 7) is 6.10. The Kier molecular flexibility index (Phi) is 7.53. The number of hydrogen-bond acceptors (Lipinski definition) is 6.